The summed E-state index contributed by atoms with van der Waals surface area (Å²) in [5.41, 5.74) is 3.78. The van der Waals surface area contributed by atoms with Gasteiger partial charge in [0.1, 0.15) is 0 Å². The van der Waals surface area contributed by atoms with Gasteiger partial charge in [-0.2, -0.15) is 0 Å². The third kappa shape index (κ3) is 3.38. The van der Waals surface area contributed by atoms with E-state index in [-0.39, 0.29) is 16.7 Å². The Morgan fingerprint density at radius 2 is 1.66 bits per heavy atom. The molecule has 0 radical (unpaired) electrons. The highest BCUT2D eigenvalue weighted by molar-refractivity contribution is 6.02. The number of hydrogen-bond acceptors (Lipinski definition) is 2. The maximum absolute atomic E-state index is 11.9. The summed E-state index contributed by atoms with van der Waals surface area (Å²) in [4.78, 5) is 23.2. The van der Waals surface area contributed by atoms with E-state index in [9.17, 15) is 19.8 Å². The number of carbonyl (C=O) groups is 2. The van der Waals surface area contributed by atoms with E-state index >= 15 is 0 Å². The van der Waals surface area contributed by atoms with Crippen LogP contribution in [0.25, 0.3) is 22.0 Å². The Kier molecular flexibility index (Phi) is 4.64. The molecular formula is C24H19NO4. The van der Waals surface area contributed by atoms with Crippen molar-refractivity contribution in [1.29, 1.82) is 0 Å². The summed E-state index contributed by atoms with van der Waals surface area (Å²) in [6, 6.07) is 21.0. The van der Waals surface area contributed by atoms with E-state index in [1.54, 1.807) is 6.07 Å². The normalized spacial score (nSPS) is 10.9. The highest BCUT2D eigenvalue weighted by Gasteiger charge is 2.20. The highest BCUT2D eigenvalue weighted by atomic mass is 16.4. The van der Waals surface area contributed by atoms with Gasteiger partial charge in [-0.1, -0.05) is 42.5 Å². The largest absolute Gasteiger partial charge is 0.478 e. The summed E-state index contributed by atoms with van der Waals surface area (Å²) < 4.78 is 2.14. The molecule has 0 fully saturated rings. The van der Waals surface area contributed by atoms with Crippen LogP contribution in [0.15, 0.2) is 72.9 Å². The predicted molar refractivity (Wildman–Crippen MR) is 112 cm³/mol. The van der Waals surface area contributed by atoms with Crippen molar-refractivity contribution < 1.29 is 19.8 Å². The summed E-state index contributed by atoms with van der Waals surface area (Å²) in [6.45, 7) is 2.28. The van der Waals surface area contributed by atoms with Crippen molar-refractivity contribution in [2.24, 2.45) is 0 Å². The maximum atomic E-state index is 11.9. The first-order chi connectivity index (χ1) is 14.0. The predicted octanol–water partition coefficient (Wildman–Crippen LogP) is 5.06. The first kappa shape index (κ1) is 18.5. The summed E-state index contributed by atoms with van der Waals surface area (Å²) in [5.74, 6) is -2.27. The van der Waals surface area contributed by atoms with Gasteiger partial charge in [0.15, 0.2) is 0 Å². The van der Waals surface area contributed by atoms with Crippen molar-refractivity contribution in [2.45, 2.75) is 13.5 Å². The van der Waals surface area contributed by atoms with Gasteiger partial charge in [0.05, 0.1) is 11.1 Å². The van der Waals surface area contributed by atoms with Crippen LogP contribution in [-0.2, 0) is 6.54 Å². The molecule has 144 valence electrons. The van der Waals surface area contributed by atoms with E-state index in [0.717, 1.165) is 23.0 Å². The summed E-state index contributed by atoms with van der Waals surface area (Å²) in [7, 11) is 0. The summed E-state index contributed by atoms with van der Waals surface area (Å²) in [5, 5.41) is 20.0. The van der Waals surface area contributed by atoms with Gasteiger partial charge in [-0.25, -0.2) is 9.59 Å². The molecule has 3 aromatic carbocycles. The molecule has 4 aromatic rings. The Hall–Kier alpha value is -3.86. The molecule has 0 aliphatic carbocycles. The Balaban J connectivity index is 1.79. The van der Waals surface area contributed by atoms with Crippen LogP contribution in [0.2, 0.25) is 0 Å². The van der Waals surface area contributed by atoms with E-state index in [1.165, 1.54) is 18.6 Å². The average molecular weight is 385 g/mol. The lowest BCUT2D eigenvalue weighted by atomic mass is 9.92. The van der Waals surface area contributed by atoms with Gasteiger partial charge in [0.2, 0.25) is 0 Å². The fourth-order valence-electron chi connectivity index (χ4n) is 3.75. The molecule has 0 aliphatic rings. The first-order valence-corrected chi connectivity index (χ1v) is 9.19. The van der Waals surface area contributed by atoms with Crippen molar-refractivity contribution in [3.63, 3.8) is 0 Å². The van der Waals surface area contributed by atoms with Gasteiger partial charge < -0.3 is 14.8 Å². The molecule has 5 nitrogen and oxygen atoms in total. The molecule has 0 saturated carbocycles. The third-order valence-electron chi connectivity index (χ3n) is 5.19. The minimum absolute atomic E-state index is 0.00115. The van der Waals surface area contributed by atoms with Crippen molar-refractivity contribution in [2.75, 3.05) is 0 Å². The molecule has 0 bridgehead atoms. The van der Waals surface area contributed by atoms with Crippen LogP contribution in [0.3, 0.4) is 0 Å². The maximum Gasteiger partial charge on any atom is 0.336 e. The molecule has 5 heteroatoms. The van der Waals surface area contributed by atoms with Gasteiger partial charge in [0.25, 0.3) is 0 Å². The molecule has 0 saturated heterocycles. The smallest absolute Gasteiger partial charge is 0.336 e. The molecule has 0 amide bonds. The zero-order chi connectivity index (χ0) is 20.5. The Morgan fingerprint density at radius 3 is 2.34 bits per heavy atom. The molecule has 1 aromatic heterocycles. The van der Waals surface area contributed by atoms with E-state index in [0.29, 0.717) is 5.56 Å². The van der Waals surface area contributed by atoms with Crippen LogP contribution >= 0.6 is 0 Å². The number of rotatable bonds is 5. The number of fused-ring (bicyclic) bond motifs is 1. The van der Waals surface area contributed by atoms with Gasteiger partial charge >= 0.3 is 11.9 Å². The number of hydrogen-bond donors (Lipinski definition) is 2. The fraction of sp³-hybridized carbons (Fsp3) is 0.0833. The van der Waals surface area contributed by atoms with Gasteiger partial charge in [-0.05, 0) is 53.4 Å². The standard InChI is InChI=1S/C24H19NO4/c1-15-19(23(26)27)8-9-20(22(15)24(28)29)17-7-10-21-18(13-17)11-12-25(21)14-16-5-3-2-4-6-16/h2-13H,14H2,1H3,(H,26,27)(H,28,29). The van der Waals surface area contributed by atoms with Crippen LogP contribution < -0.4 is 0 Å². The van der Waals surface area contributed by atoms with Gasteiger partial charge in [0, 0.05) is 23.6 Å². The van der Waals surface area contributed by atoms with Gasteiger partial charge in [-0.15, -0.1) is 0 Å². The van der Waals surface area contributed by atoms with Crippen LogP contribution in [0, 0.1) is 6.92 Å². The highest BCUT2D eigenvalue weighted by Crippen LogP contribution is 2.31. The minimum Gasteiger partial charge on any atom is -0.478 e. The monoisotopic (exact) mass is 385 g/mol. The molecule has 0 aliphatic heterocycles. The summed E-state index contributed by atoms with van der Waals surface area (Å²) >= 11 is 0. The molecular weight excluding hydrogens is 366 g/mol. The van der Waals surface area contributed by atoms with Crippen molar-refractivity contribution in [1.82, 2.24) is 4.57 Å². The number of benzene rings is 3. The second-order valence-corrected chi connectivity index (χ2v) is 6.97. The fourth-order valence-corrected chi connectivity index (χ4v) is 3.75. The Morgan fingerprint density at radius 1 is 0.897 bits per heavy atom. The zero-order valence-corrected chi connectivity index (χ0v) is 15.8. The first-order valence-electron chi connectivity index (χ1n) is 9.19. The quantitative estimate of drug-likeness (QED) is 0.503. The molecule has 2 N–H and O–H groups in total. The van der Waals surface area contributed by atoms with Crippen LogP contribution in [0.1, 0.15) is 31.8 Å². The average Bonchev–Trinajstić information content (AvgIpc) is 3.10. The molecule has 4 rings (SSSR count). The van der Waals surface area contributed by atoms with Crippen LogP contribution in [0.4, 0.5) is 0 Å². The molecule has 1 heterocycles. The lowest BCUT2D eigenvalue weighted by Crippen LogP contribution is -2.09. The second kappa shape index (κ2) is 7.28. The lowest BCUT2D eigenvalue weighted by Gasteiger charge is -2.12. The molecule has 0 atom stereocenters. The number of aromatic nitrogens is 1. The summed E-state index contributed by atoms with van der Waals surface area (Å²) in [6.07, 6.45) is 2.01. The molecule has 0 spiro atoms. The topological polar surface area (TPSA) is 79.5 Å². The Bertz CT molecular complexity index is 1240. The van der Waals surface area contributed by atoms with Crippen molar-refractivity contribution >= 4 is 22.8 Å². The van der Waals surface area contributed by atoms with Crippen LogP contribution in [0.5, 0.6) is 0 Å². The molecule has 0 unspecified atom stereocenters. The van der Waals surface area contributed by atoms with Crippen molar-refractivity contribution in [3.8, 4) is 11.1 Å². The number of carboxylic acids is 2. The number of aromatic carboxylic acids is 2. The van der Waals surface area contributed by atoms with E-state index in [4.69, 9.17) is 0 Å². The van der Waals surface area contributed by atoms with Crippen LogP contribution in [-0.4, -0.2) is 26.7 Å². The minimum atomic E-state index is -1.14. The number of nitrogens with zero attached hydrogens (tertiary/aromatic N) is 1. The third-order valence-corrected chi connectivity index (χ3v) is 5.19. The SMILES string of the molecule is Cc1c(C(=O)O)ccc(-c2ccc3c(ccn3Cc3ccccc3)c2)c1C(=O)O. The zero-order valence-electron chi connectivity index (χ0n) is 15.8. The lowest BCUT2D eigenvalue weighted by molar-refractivity contribution is 0.0696. The van der Waals surface area contributed by atoms with E-state index in [2.05, 4.69) is 16.7 Å². The van der Waals surface area contributed by atoms with E-state index in [1.807, 2.05) is 48.7 Å². The second-order valence-electron chi connectivity index (χ2n) is 6.97. The Labute approximate surface area is 167 Å². The van der Waals surface area contributed by atoms with Crippen molar-refractivity contribution in [3.05, 3.63) is 95.2 Å². The number of carboxylic acid groups (broad SMARTS) is 2. The van der Waals surface area contributed by atoms with Gasteiger partial charge in [-0.3, -0.25) is 0 Å². The van der Waals surface area contributed by atoms with E-state index < -0.39 is 11.9 Å². The molecule has 29 heavy (non-hydrogen) atoms.